The summed E-state index contributed by atoms with van der Waals surface area (Å²) in [6.07, 6.45) is 2.40. The number of thiazole rings is 1. The number of benzene rings is 1. The first-order valence-corrected chi connectivity index (χ1v) is 9.24. The van der Waals surface area contributed by atoms with E-state index in [9.17, 15) is 9.59 Å². The Morgan fingerprint density at radius 2 is 2.04 bits per heavy atom. The van der Waals surface area contributed by atoms with Gasteiger partial charge >= 0.3 is 0 Å². The van der Waals surface area contributed by atoms with Gasteiger partial charge in [0.2, 0.25) is 11.8 Å². The van der Waals surface area contributed by atoms with E-state index in [-0.39, 0.29) is 17.7 Å². The minimum Gasteiger partial charge on any atom is -0.344 e. The summed E-state index contributed by atoms with van der Waals surface area (Å²) in [5, 5.41) is 6.72. The molecule has 0 unspecified atom stereocenters. The van der Waals surface area contributed by atoms with Gasteiger partial charge in [0.15, 0.2) is 5.13 Å². The molecule has 0 spiro atoms. The number of halogens is 1. The molecule has 0 saturated carbocycles. The van der Waals surface area contributed by atoms with Crippen molar-refractivity contribution in [3.63, 3.8) is 0 Å². The number of hydrogen-bond donors (Lipinski definition) is 2. The standard InChI is InChI=1S/C18H22ClN3O2S/c1-10(2)16(21-12(4)23)17(24)22-18-20-9-14(25-18)8-13-7-5-6-11(3)15(13)19/h5-7,9-10,16H,8H2,1-4H3,(H,21,23)(H,20,22,24)/t16-/m0/s1. The summed E-state index contributed by atoms with van der Waals surface area (Å²) in [6.45, 7) is 7.13. The Morgan fingerprint density at radius 3 is 2.68 bits per heavy atom. The van der Waals surface area contributed by atoms with E-state index in [0.29, 0.717) is 11.6 Å². The van der Waals surface area contributed by atoms with Crippen LogP contribution in [-0.2, 0) is 16.0 Å². The van der Waals surface area contributed by atoms with E-state index in [0.717, 1.165) is 21.0 Å². The van der Waals surface area contributed by atoms with Crippen LogP contribution in [0.5, 0.6) is 0 Å². The Bertz CT molecular complexity index is 773. The molecular formula is C18H22ClN3O2S. The van der Waals surface area contributed by atoms with Crippen LogP contribution in [0.25, 0.3) is 0 Å². The van der Waals surface area contributed by atoms with Crippen LogP contribution in [0.1, 0.15) is 36.8 Å². The molecule has 0 radical (unpaired) electrons. The lowest BCUT2D eigenvalue weighted by Crippen LogP contribution is -2.46. The predicted octanol–water partition coefficient (Wildman–Crippen LogP) is 3.79. The van der Waals surface area contributed by atoms with Crippen LogP contribution in [0.3, 0.4) is 0 Å². The van der Waals surface area contributed by atoms with E-state index in [2.05, 4.69) is 15.6 Å². The predicted molar refractivity (Wildman–Crippen MR) is 102 cm³/mol. The molecule has 1 atom stereocenters. The van der Waals surface area contributed by atoms with Gasteiger partial charge in [-0.1, -0.05) is 43.6 Å². The zero-order chi connectivity index (χ0) is 18.6. The van der Waals surface area contributed by atoms with E-state index in [1.54, 1.807) is 6.20 Å². The second kappa shape index (κ2) is 8.45. The van der Waals surface area contributed by atoms with Crippen LogP contribution in [0.2, 0.25) is 5.02 Å². The maximum atomic E-state index is 12.4. The van der Waals surface area contributed by atoms with Crippen molar-refractivity contribution in [2.45, 2.75) is 40.2 Å². The third kappa shape index (κ3) is 5.28. The number of amides is 2. The minimum absolute atomic E-state index is 0.0190. The van der Waals surface area contributed by atoms with Crippen LogP contribution < -0.4 is 10.6 Å². The zero-order valence-corrected chi connectivity index (χ0v) is 16.3. The van der Waals surface area contributed by atoms with E-state index >= 15 is 0 Å². The third-order valence-corrected chi connectivity index (χ3v) is 5.18. The molecule has 2 aromatic rings. The number of aromatic nitrogens is 1. The molecular weight excluding hydrogens is 358 g/mol. The van der Waals surface area contributed by atoms with Crippen molar-refractivity contribution >= 4 is 39.9 Å². The number of aryl methyl sites for hydroxylation is 1. The molecule has 1 heterocycles. The fourth-order valence-corrected chi connectivity index (χ4v) is 3.45. The summed E-state index contributed by atoms with van der Waals surface area (Å²) in [5.41, 5.74) is 2.06. The summed E-state index contributed by atoms with van der Waals surface area (Å²) in [4.78, 5) is 28.9. The van der Waals surface area contributed by atoms with Gasteiger partial charge in [0.1, 0.15) is 6.04 Å². The van der Waals surface area contributed by atoms with E-state index < -0.39 is 6.04 Å². The van der Waals surface area contributed by atoms with Gasteiger partial charge in [-0.05, 0) is 24.0 Å². The third-order valence-electron chi connectivity index (χ3n) is 3.73. The van der Waals surface area contributed by atoms with Crippen molar-refractivity contribution in [3.05, 3.63) is 45.4 Å². The van der Waals surface area contributed by atoms with Gasteiger partial charge in [0, 0.05) is 29.4 Å². The number of hydrogen-bond acceptors (Lipinski definition) is 4. The van der Waals surface area contributed by atoms with Gasteiger partial charge in [0.25, 0.3) is 0 Å². The molecule has 0 aliphatic carbocycles. The molecule has 0 bridgehead atoms. The van der Waals surface area contributed by atoms with Crippen molar-refractivity contribution < 1.29 is 9.59 Å². The lowest BCUT2D eigenvalue weighted by molar-refractivity contribution is -0.126. The quantitative estimate of drug-likeness (QED) is 0.802. The monoisotopic (exact) mass is 379 g/mol. The lowest BCUT2D eigenvalue weighted by atomic mass is 10.0. The topological polar surface area (TPSA) is 71.1 Å². The number of nitrogens with zero attached hydrogens (tertiary/aromatic N) is 1. The second-order valence-electron chi connectivity index (χ2n) is 6.27. The fraction of sp³-hybridized carbons (Fsp3) is 0.389. The first-order chi connectivity index (χ1) is 11.8. The van der Waals surface area contributed by atoms with Crippen LogP contribution in [0, 0.1) is 12.8 Å². The molecule has 1 aromatic heterocycles. The van der Waals surface area contributed by atoms with Crippen LogP contribution in [0.4, 0.5) is 5.13 Å². The van der Waals surface area contributed by atoms with Gasteiger partial charge in [-0.25, -0.2) is 4.98 Å². The molecule has 2 amide bonds. The molecule has 2 rings (SSSR count). The first kappa shape index (κ1) is 19.4. The van der Waals surface area contributed by atoms with Crippen molar-refractivity contribution in [2.75, 3.05) is 5.32 Å². The average molecular weight is 380 g/mol. The summed E-state index contributed by atoms with van der Waals surface area (Å²) < 4.78 is 0. The van der Waals surface area contributed by atoms with E-state index in [4.69, 9.17) is 11.6 Å². The maximum absolute atomic E-state index is 12.4. The molecule has 7 heteroatoms. The van der Waals surface area contributed by atoms with Crippen molar-refractivity contribution in [1.29, 1.82) is 0 Å². The van der Waals surface area contributed by atoms with Crippen LogP contribution in [0.15, 0.2) is 24.4 Å². The minimum atomic E-state index is -0.587. The summed E-state index contributed by atoms with van der Waals surface area (Å²) in [5.74, 6) is -0.517. The molecule has 2 N–H and O–H groups in total. The summed E-state index contributed by atoms with van der Waals surface area (Å²) in [6, 6.07) is 5.34. The normalized spacial score (nSPS) is 12.1. The average Bonchev–Trinajstić information content (AvgIpc) is 2.96. The highest BCUT2D eigenvalue weighted by atomic mass is 35.5. The fourth-order valence-electron chi connectivity index (χ4n) is 2.42. The zero-order valence-electron chi connectivity index (χ0n) is 14.7. The smallest absolute Gasteiger partial charge is 0.248 e. The largest absolute Gasteiger partial charge is 0.344 e. The van der Waals surface area contributed by atoms with E-state index in [1.807, 2.05) is 39.0 Å². The molecule has 25 heavy (non-hydrogen) atoms. The number of rotatable bonds is 6. The van der Waals surface area contributed by atoms with Gasteiger partial charge < -0.3 is 10.6 Å². The van der Waals surface area contributed by atoms with Gasteiger partial charge in [-0.2, -0.15) is 0 Å². The van der Waals surface area contributed by atoms with Gasteiger partial charge in [-0.3, -0.25) is 9.59 Å². The number of carbonyl (C=O) groups is 2. The van der Waals surface area contributed by atoms with Crippen LogP contribution >= 0.6 is 22.9 Å². The van der Waals surface area contributed by atoms with Crippen molar-refractivity contribution in [2.24, 2.45) is 5.92 Å². The summed E-state index contributed by atoms with van der Waals surface area (Å²) in [7, 11) is 0. The Hall–Kier alpha value is -1.92. The second-order valence-corrected chi connectivity index (χ2v) is 7.76. The Morgan fingerprint density at radius 1 is 1.32 bits per heavy atom. The Labute approximate surface area is 156 Å². The molecule has 134 valence electrons. The molecule has 1 aromatic carbocycles. The van der Waals surface area contributed by atoms with Crippen molar-refractivity contribution in [1.82, 2.24) is 10.3 Å². The molecule has 0 aliphatic rings. The molecule has 0 aliphatic heterocycles. The highest BCUT2D eigenvalue weighted by Gasteiger charge is 2.23. The molecule has 0 saturated heterocycles. The first-order valence-electron chi connectivity index (χ1n) is 8.04. The highest BCUT2D eigenvalue weighted by molar-refractivity contribution is 7.15. The maximum Gasteiger partial charge on any atom is 0.248 e. The summed E-state index contributed by atoms with van der Waals surface area (Å²) >= 11 is 7.74. The van der Waals surface area contributed by atoms with E-state index in [1.165, 1.54) is 18.3 Å². The number of carbonyl (C=O) groups excluding carboxylic acids is 2. The highest BCUT2D eigenvalue weighted by Crippen LogP contribution is 2.26. The lowest BCUT2D eigenvalue weighted by Gasteiger charge is -2.20. The Kier molecular flexibility index (Phi) is 6.56. The number of anilines is 1. The van der Waals surface area contributed by atoms with Crippen molar-refractivity contribution in [3.8, 4) is 0 Å². The molecule has 5 nitrogen and oxygen atoms in total. The van der Waals surface area contributed by atoms with Gasteiger partial charge in [-0.15, -0.1) is 11.3 Å². The van der Waals surface area contributed by atoms with Crippen LogP contribution in [-0.4, -0.2) is 22.8 Å². The SMILES string of the molecule is CC(=O)N[C@H](C(=O)Nc1ncc(Cc2cccc(C)c2Cl)s1)C(C)C. The van der Waals surface area contributed by atoms with Gasteiger partial charge in [0.05, 0.1) is 0 Å². The Balaban J connectivity index is 2.06. The number of nitrogens with one attached hydrogen (secondary N) is 2. The molecule has 0 fully saturated rings.